The molecule has 0 aromatic heterocycles. The largest absolute Gasteiger partial charge is 0.503 e. The number of aliphatic hydroxyl groups excluding tert-OH is 1. The van der Waals surface area contributed by atoms with Crippen LogP contribution in [0.25, 0.3) is 0 Å². The first-order valence-electron chi connectivity index (χ1n) is 4.97. The van der Waals surface area contributed by atoms with Crippen LogP contribution in [0.3, 0.4) is 0 Å². The monoisotopic (exact) mass is 240 g/mol. The molecular weight excluding hydrogens is 224 g/mol. The van der Waals surface area contributed by atoms with E-state index in [0.717, 1.165) is 16.9 Å². The third kappa shape index (κ3) is 3.18. The van der Waals surface area contributed by atoms with Crippen LogP contribution in [0.2, 0.25) is 0 Å². The SMILES string of the molecule is C=CCc1cc(OC)c(O)c(SCCO)c1. The van der Waals surface area contributed by atoms with Crippen molar-refractivity contribution in [2.75, 3.05) is 19.5 Å². The minimum Gasteiger partial charge on any atom is -0.503 e. The highest BCUT2D eigenvalue weighted by molar-refractivity contribution is 7.99. The number of phenolic OH excluding ortho intramolecular Hbond substituents is 1. The Kier molecular flexibility index (Phi) is 5.22. The quantitative estimate of drug-likeness (QED) is 0.591. The van der Waals surface area contributed by atoms with Crippen molar-refractivity contribution in [3.63, 3.8) is 0 Å². The van der Waals surface area contributed by atoms with Crippen molar-refractivity contribution in [1.29, 1.82) is 0 Å². The van der Waals surface area contributed by atoms with Gasteiger partial charge in [-0.25, -0.2) is 0 Å². The van der Waals surface area contributed by atoms with E-state index in [1.807, 2.05) is 6.07 Å². The van der Waals surface area contributed by atoms with E-state index in [-0.39, 0.29) is 12.4 Å². The molecule has 0 amide bonds. The Morgan fingerprint density at radius 2 is 2.25 bits per heavy atom. The number of aliphatic hydroxyl groups is 1. The van der Waals surface area contributed by atoms with E-state index in [1.54, 1.807) is 12.1 Å². The minimum absolute atomic E-state index is 0.0815. The second-order valence-electron chi connectivity index (χ2n) is 3.21. The van der Waals surface area contributed by atoms with Crippen molar-refractivity contribution in [3.8, 4) is 11.5 Å². The number of hydrogen-bond donors (Lipinski definition) is 2. The van der Waals surface area contributed by atoms with E-state index in [1.165, 1.54) is 18.9 Å². The van der Waals surface area contributed by atoms with E-state index in [0.29, 0.717) is 11.5 Å². The van der Waals surface area contributed by atoms with Gasteiger partial charge in [-0.2, -0.15) is 0 Å². The van der Waals surface area contributed by atoms with Crippen LogP contribution >= 0.6 is 11.8 Å². The predicted octanol–water partition coefficient (Wildman–Crippen LogP) is 2.21. The summed E-state index contributed by atoms with van der Waals surface area (Å²) in [7, 11) is 1.52. The van der Waals surface area contributed by atoms with Gasteiger partial charge in [0.05, 0.1) is 18.6 Å². The van der Waals surface area contributed by atoms with E-state index >= 15 is 0 Å². The van der Waals surface area contributed by atoms with Gasteiger partial charge in [0.2, 0.25) is 0 Å². The lowest BCUT2D eigenvalue weighted by Crippen LogP contribution is -1.92. The molecule has 0 fully saturated rings. The van der Waals surface area contributed by atoms with Crippen molar-refractivity contribution >= 4 is 11.8 Å². The fourth-order valence-corrected chi connectivity index (χ4v) is 2.13. The lowest BCUT2D eigenvalue weighted by atomic mass is 10.1. The molecule has 0 heterocycles. The van der Waals surface area contributed by atoms with Crippen LogP contribution in [0.4, 0.5) is 0 Å². The lowest BCUT2D eigenvalue weighted by molar-refractivity contribution is 0.322. The zero-order chi connectivity index (χ0) is 12.0. The summed E-state index contributed by atoms with van der Waals surface area (Å²) < 4.78 is 5.09. The Morgan fingerprint density at radius 1 is 1.50 bits per heavy atom. The van der Waals surface area contributed by atoms with Gasteiger partial charge in [0.1, 0.15) is 0 Å². The Hall–Kier alpha value is -1.13. The van der Waals surface area contributed by atoms with Gasteiger partial charge in [0.25, 0.3) is 0 Å². The van der Waals surface area contributed by atoms with Crippen LogP contribution < -0.4 is 4.74 Å². The smallest absolute Gasteiger partial charge is 0.171 e. The van der Waals surface area contributed by atoms with Gasteiger partial charge in [-0.15, -0.1) is 18.3 Å². The molecule has 16 heavy (non-hydrogen) atoms. The maximum Gasteiger partial charge on any atom is 0.171 e. The van der Waals surface area contributed by atoms with Gasteiger partial charge in [0.15, 0.2) is 11.5 Å². The first kappa shape index (κ1) is 12.9. The maximum atomic E-state index is 9.85. The number of aromatic hydroxyl groups is 1. The molecule has 0 radical (unpaired) electrons. The molecule has 0 unspecified atom stereocenters. The van der Waals surface area contributed by atoms with Gasteiger partial charge in [-0.1, -0.05) is 6.08 Å². The van der Waals surface area contributed by atoms with Gasteiger partial charge in [0, 0.05) is 5.75 Å². The summed E-state index contributed by atoms with van der Waals surface area (Å²) in [6.45, 7) is 3.76. The number of rotatable bonds is 6. The summed E-state index contributed by atoms with van der Waals surface area (Å²) in [6.07, 6.45) is 2.52. The number of thioether (sulfide) groups is 1. The van der Waals surface area contributed by atoms with Crippen molar-refractivity contribution in [2.24, 2.45) is 0 Å². The summed E-state index contributed by atoms with van der Waals surface area (Å²) in [5.41, 5.74) is 1.03. The van der Waals surface area contributed by atoms with Crippen molar-refractivity contribution in [2.45, 2.75) is 11.3 Å². The van der Waals surface area contributed by atoms with E-state index in [2.05, 4.69) is 6.58 Å². The molecule has 1 aromatic carbocycles. The molecule has 0 aliphatic rings. The number of benzene rings is 1. The zero-order valence-electron chi connectivity index (χ0n) is 9.27. The molecule has 0 saturated carbocycles. The molecule has 0 atom stereocenters. The fraction of sp³-hybridized carbons (Fsp3) is 0.333. The first-order chi connectivity index (χ1) is 7.72. The summed E-state index contributed by atoms with van der Waals surface area (Å²) in [5, 5.41) is 18.6. The van der Waals surface area contributed by atoms with Crippen LogP contribution in [0, 0.1) is 0 Å². The Morgan fingerprint density at radius 3 is 2.81 bits per heavy atom. The topological polar surface area (TPSA) is 49.7 Å². The number of phenols is 1. The molecule has 2 N–H and O–H groups in total. The van der Waals surface area contributed by atoms with Crippen molar-refractivity contribution in [3.05, 3.63) is 30.4 Å². The summed E-state index contributed by atoms with van der Waals surface area (Å²) >= 11 is 1.40. The molecule has 0 aliphatic carbocycles. The molecule has 88 valence electrons. The highest BCUT2D eigenvalue weighted by atomic mass is 32.2. The normalized spacial score (nSPS) is 10.1. The molecule has 0 spiro atoms. The van der Waals surface area contributed by atoms with Crippen LogP contribution in [0.5, 0.6) is 11.5 Å². The minimum atomic E-state index is 0.0815. The van der Waals surface area contributed by atoms with Gasteiger partial charge < -0.3 is 14.9 Å². The van der Waals surface area contributed by atoms with Crippen LogP contribution in [0.1, 0.15) is 5.56 Å². The molecule has 0 bridgehead atoms. The summed E-state index contributed by atoms with van der Waals surface area (Å²) in [4.78, 5) is 0.727. The summed E-state index contributed by atoms with van der Waals surface area (Å²) in [5.74, 6) is 1.14. The zero-order valence-corrected chi connectivity index (χ0v) is 10.1. The highest BCUT2D eigenvalue weighted by Crippen LogP contribution is 2.37. The third-order valence-corrected chi connectivity index (χ3v) is 3.06. The average molecular weight is 240 g/mol. The molecule has 1 aromatic rings. The van der Waals surface area contributed by atoms with E-state index in [4.69, 9.17) is 9.84 Å². The van der Waals surface area contributed by atoms with E-state index in [9.17, 15) is 5.11 Å². The Balaban J connectivity index is 3.03. The molecule has 4 heteroatoms. The summed E-state index contributed by atoms with van der Waals surface area (Å²) in [6, 6.07) is 3.68. The second kappa shape index (κ2) is 6.45. The fourth-order valence-electron chi connectivity index (χ4n) is 1.34. The van der Waals surface area contributed by atoms with Gasteiger partial charge in [-0.3, -0.25) is 0 Å². The molecule has 0 aliphatic heterocycles. The van der Waals surface area contributed by atoms with Crippen molar-refractivity contribution < 1.29 is 14.9 Å². The Bertz CT molecular complexity index is 364. The molecule has 3 nitrogen and oxygen atoms in total. The van der Waals surface area contributed by atoms with Crippen molar-refractivity contribution in [1.82, 2.24) is 0 Å². The van der Waals surface area contributed by atoms with Gasteiger partial charge >= 0.3 is 0 Å². The Labute approximate surface area is 99.8 Å². The van der Waals surface area contributed by atoms with Crippen LogP contribution in [-0.2, 0) is 6.42 Å². The average Bonchev–Trinajstić information content (AvgIpc) is 2.29. The number of allylic oxidation sites excluding steroid dienone is 1. The predicted molar refractivity (Wildman–Crippen MR) is 66.4 cm³/mol. The number of ether oxygens (including phenoxy) is 1. The standard InChI is InChI=1S/C12H16O3S/c1-3-4-9-7-10(15-2)12(14)11(8-9)16-6-5-13/h3,7-8,13-14H,1,4-6H2,2H3. The van der Waals surface area contributed by atoms with Crippen LogP contribution in [0.15, 0.2) is 29.7 Å². The first-order valence-corrected chi connectivity index (χ1v) is 5.96. The molecular formula is C12H16O3S. The maximum absolute atomic E-state index is 9.85. The number of hydrogen-bond acceptors (Lipinski definition) is 4. The second-order valence-corrected chi connectivity index (χ2v) is 4.35. The molecule has 1 rings (SSSR count). The van der Waals surface area contributed by atoms with Gasteiger partial charge in [-0.05, 0) is 24.1 Å². The van der Waals surface area contributed by atoms with Crippen LogP contribution in [-0.4, -0.2) is 29.7 Å². The third-order valence-electron chi connectivity index (χ3n) is 2.05. The highest BCUT2D eigenvalue weighted by Gasteiger charge is 2.10. The molecule has 0 saturated heterocycles. The van der Waals surface area contributed by atoms with E-state index < -0.39 is 0 Å². The lowest BCUT2D eigenvalue weighted by Gasteiger charge is -2.10. The number of methoxy groups -OCH3 is 1.